The Morgan fingerprint density at radius 3 is 2.62 bits per heavy atom. The van der Waals surface area contributed by atoms with Crippen LogP contribution in [0.2, 0.25) is 0 Å². The summed E-state index contributed by atoms with van der Waals surface area (Å²) in [4.78, 5) is 22.5. The Kier molecular flexibility index (Phi) is 3.26. The van der Waals surface area contributed by atoms with Gasteiger partial charge in [0, 0.05) is 24.7 Å². The summed E-state index contributed by atoms with van der Waals surface area (Å²) >= 11 is 0. The minimum Gasteiger partial charge on any atom is -0.447 e. The molecule has 6 heteroatoms. The van der Waals surface area contributed by atoms with E-state index in [1.807, 2.05) is 12.3 Å². The fourth-order valence-corrected chi connectivity index (χ4v) is 2.81. The van der Waals surface area contributed by atoms with E-state index in [1.165, 1.54) is 0 Å². The van der Waals surface area contributed by atoms with Crippen molar-refractivity contribution in [1.82, 2.24) is 15.3 Å². The van der Waals surface area contributed by atoms with Crippen molar-refractivity contribution in [1.29, 1.82) is 0 Å². The summed E-state index contributed by atoms with van der Waals surface area (Å²) in [6.45, 7) is 8.58. The maximum atomic E-state index is 11.3. The van der Waals surface area contributed by atoms with Crippen LogP contribution in [0.25, 0.3) is 0 Å². The third-order valence-corrected chi connectivity index (χ3v) is 4.26. The Morgan fingerprint density at radius 2 is 2.05 bits per heavy atom. The standard InChI is InChI=1S/C15H22N4O2/c1-14(2,3)11-4-7-16-12(17-11)19-8-5-15(6-9-19)10-21-13(20)18-15/h4,7H,5-6,8-10H2,1-3H3,(H,18,20). The molecule has 2 fully saturated rings. The van der Waals surface area contributed by atoms with Crippen LogP contribution in [0.5, 0.6) is 0 Å². The molecule has 21 heavy (non-hydrogen) atoms. The lowest BCUT2D eigenvalue weighted by Gasteiger charge is -2.37. The van der Waals surface area contributed by atoms with E-state index in [1.54, 1.807) is 0 Å². The van der Waals surface area contributed by atoms with E-state index in [2.05, 4.69) is 36.0 Å². The molecule has 1 N–H and O–H groups in total. The Morgan fingerprint density at radius 1 is 1.33 bits per heavy atom. The maximum Gasteiger partial charge on any atom is 0.407 e. The predicted molar refractivity (Wildman–Crippen MR) is 79.4 cm³/mol. The van der Waals surface area contributed by atoms with Crippen molar-refractivity contribution in [2.24, 2.45) is 0 Å². The number of anilines is 1. The zero-order chi connectivity index (χ0) is 15.1. The molecule has 2 aliphatic heterocycles. The SMILES string of the molecule is CC(C)(C)c1ccnc(N2CCC3(CC2)COC(=O)N3)n1. The van der Waals surface area contributed by atoms with E-state index >= 15 is 0 Å². The summed E-state index contributed by atoms with van der Waals surface area (Å²) in [6, 6.07) is 1.97. The van der Waals surface area contributed by atoms with Gasteiger partial charge in [-0.25, -0.2) is 14.8 Å². The fourth-order valence-electron chi connectivity index (χ4n) is 2.81. The smallest absolute Gasteiger partial charge is 0.407 e. The van der Waals surface area contributed by atoms with Gasteiger partial charge in [0.25, 0.3) is 0 Å². The number of hydrogen-bond acceptors (Lipinski definition) is 5. The van der Waals surface area contributed by atoms with Gasteiger partial charge >= 0.3 is 6.09 Å². The van der Waals surface area contributed by atoms with Gasteiger partial charge in [-0.2, -0.15) is 0 Å². The number of rotatable bonds is 1. The molecule has 2 saturated heterocycles. The van der Waals surface area contributed by atoms with Crippen LogP contribution in [0.1, 0.15) is 39.3 Å². The predicted octanol–water partition coefficient (Wildman–Crippen LogP) is 1.85. The quantitative estimate of drug-likeness (QED) is 0.855. The number of piperidine rings is 1. The molecule has 1 aromatic rings. The highest BCUT2D eigenvalue weighted by Gasteiger charge is 2.42. The average molecular weight is 290 g/mol. The van der Waals surface area contributed by atoms with Crippen LogP contribution in [-0.2, 0) is 10.2 Å². The van der Waals surface area contributed by atoms with Gasteiger partial charge in [0.2, 0.25) is 5.95 Å². The summed E-state index contributed by atoms with van der Waals surface area (Å²) in [5.41, 5.74) is 0.877. The summed E-state index contributed by atoms with van der Waals surface area (Å²) in [5.74, 6) is 0.780. The van der Waals surface area contributed by atoms with Crippen LogP contribution in [0.4, 0.5) is 10.7 Å². The van der Waals surface area contributed by atoms with Crippen molar-refractivity contribution in [2.45, 2.75) is 44.6 Å². The number of carbonyl (C=O) groups excluding carboxylic acids is 1. The van der Waals surface area contributed by atoms with Crippen molar-refractivity contribution < 1.29 is 9.53 Å². The fraction of sp³-hybridized carbons (Fsp3) is 0.667. The molecule has 0 radical (unpaired) electrons. The van der Waals surface area contributed by atoms with Gasteiger partial charge in [0.15, 0.2) is 0 Å². The molecule has 0 bridgehead atoms. The highest BCUT2D eigenvalue weighted by Crippen LogP contribution is 2.29. The third kappa shape index (κ3) is 2.80. The third-order valence-electron chi connectivity index (χ3n) is 4.26. The van der Waals surface area contributed by atoms with Crippen LogP contribution >= 0.6 is 0 Å². The first-order valence-electron chi connectivity index (χ1n) is 7.41. The number of nitrogens with zero attached hydrogens (tertiary/aromatic N) is 3. The monoisotopic (exact) mass is 290 g/mol. The van der Waals surface area contributed by atoms with Gasteiger partial charge in [-0.15, -0.1) is 0 Å². The summed E-state index contributed by atoms with van der Waals surface area (Å²) in [7, 11) is 0. The molecule has 0 aromatic carbocycles. The number of carbonyl (C=O) groups is 1. The zero-order valence-corrected chi connectivity index (χ0v) is 12.8. The number of cyclic esters (lactones) is 1. The van der Waals surface area contributed by atoms with Crippen molar-refractivity contribution >= 4 is 12.0 Å². The lowest BCUT2D eigenvalue weighted by molar-refractivity contribution is 0.168. The number of hydrogen-bond donors (Lipinski definition) is 1. The highest BCUT2D eigenvalue weighted by molar-refractivity contribution is 5.70. The van der Waals surface area contributed by atoms with Crippen molar-refractivity contribution in [3.63, 3.8) is 0 Å². The number of nitrogens with one attached hydrogen (secondary N) is 1. The maximum absolute atomic E-state index is 11.3. The van der Waals surface area contributed by atoms with E-state index in [4.69, 9.17) is 9.72 Å². The molecule has 2 aliphatic rings. The molecule has 6 nitrogen and oxygen atoms in total. The Bertz CT molecular complexity index is 545. The van der Waals surface area contributed by atoms with Crippen LogP contribution in [0.3, 0.4) is 0 Å². The number of alkyl carbamates (subject to hydrolysis) is 1. The van der Waals surface area contributed by atoms with Gasteiger partial charge in [-0.3, -0.25) is 0 Å². The van der Waals surface area contributed by atoms with E-state index in [0.29, 0.717) is 6.61 Å². The Labute approximate surface area is 124 Å². The number of ether oxygens (including phenoxy) is 1. The summed E-state index contributed by atoms with van der Waals surface area (Å²) < 4.78 is 5.05. The van der Waals surface area contributed by atoms with Crippen molar-refractivity contribution in [2.75, 3.05) is 24.6 Å². The minimum atomic E-state index is -0.297. The van der Waals surface area contributed by atoms with Crippen LogP contribution < -0.4 is 10.2 Å². The summed E-state index contributed by atoms with van der Waals surface area (Å²) in [6.07, 6.45) is 3.26. The van der Waals surface area contributed by atoms with Crippen molar-refractivity contribution in [3.8, 4) is 0 Å². The zero-order valence-electron chi connectivity index (χ0n) is 12.8. The Hall–Kier alpha value is -1.85. The molecule has 0 atom stereocenters. The number of aromatic nitrogens is 2. The number of amides is 1. The summed E-state index contributed by atoms with van der Waals surface area (Å²) in [5, 5.41) is 2.95. The minimum absolute atomic E-state index is 0.0158. The molecule has 114 valence electrons. The second-order valence-corrected chi connectivity index (χ2v) is 6.96. The second kappa shape index (κ2) is 4.86. The largest absolute Gasteiger partial charge is 0.447 e. The van der Waals surface area contributed by atoms with Crippen molar-refractivity contribution in [3.05, 3.63) is 18.0 Å². The van der Waals surface area contributed by atoms with Crippen LogP contribution in [0, 0.1) is 0 Å². The first-order valence-corrected chi connectivity index (χ1v) is 7.41. The van der Waals surface area contributed by atoms with Crippen LogP contribution in [0.15, 0.2) is 12.3 Å². The van der Waals surface area contributed by atoms with E-state index in [-0.39, 0.29) is 17.0 Å². The molecule has 0 saturated carbocycles. The molecule has 1 spiro atoms. The van der Waals surface area contributed by atoms with E-state index in [0.717, 1.165) is 37.6 Å². The van der Waals surface area contributed by atoms with Gasteiger partial charge in [0.05, 0.1) is 11.2 Å². The van der Waals surface area contributed by atoms with Crippen LogP contribution in [-0.4, -0.2) is 41.3 Å². The molecule has 1 aromatic heterocycles. The molecule has 3 heterocycles. The first kappa shape index (κ1) is 14.1. The van der Waals surface area contributed by atoms with Gasteiger partial charge in [-0.05, 0) is 18.9 Å². The topological polar surface area (TPSA) is 67.4 Å². The van der Waals surface area contributed by atoms with Gasteiger partial charge in [0.1, 0.15) is 6.61 Å². The normalized spacial score (nSPS) is 21.3. The van der Waals surface area contributed by atoms with Gasteiger partial charge in [-0.1, -0.05) is 20.8 Å². The molecule has 1 amide bonds. The van der Waals surface area contributed by atoms with E-state index < -0.39 is 0 Å². The van der Waals surface area contributed by atoms with E-state index in [9.17, 15) is 4.79 Å². The molecule has 0 unspecified atom stereocenters. The first-order chi connectivity index (χ1) is 9.88. The highest BCUT2D eigenvalue weighted by atomic mass is 16.6. The molecule has 3 rings (SSSR count). The molecular weight excluding hydrogens is 268 g/mol. The lowest BCUT2D eigenvalue weighted by atomic mass is 9.89. The van der Waals surface area contributed by atoms with Gasteiger partial charge < -0.3 is 15.0 Å². The lowest BCUT2D eigenvalue weighted by Crippen LogP contribution is -2.52. The Balaban J connectivity index is 1.71. The average Bonchev–Trinajstić information content (AvgIpc) is 2.80. The molecule has 0 aliphatic carbocycles. The second-order valence-electron chi connectivity index (χ2n) is 6.96. The molecular formula is C15H22N4O2.